The van der Waals surface area contributed by atoms with Crippen LogP contribution in [0.3, 0.4) is 0 Å². The smallest absolute Gasteiger partial charge is 0.309 e. The lowest BCUT2D eigenvalue weighted by Gasteiger charge is -2.35. The molecule has 0 saturated carbocycles. The normalized spacial score (nSPS) is 17.9. The summed E-state index contributed by atoms with van der Waals surface area (Å²) in [5, 5.41) is 3.33. The Kier molecular flexibility index (Phi) is 11.4. The molecule has 2 aliphatic heterocycles. The predicted molar refractivity (Wildman–Crippen MR) is 159 cm³/mol. The Morgan fingerprint density at radius 2 is 1.67 bits per heavy atom. The van der Waals surface area contributed by atoms with Gasteiger partial charge in [0, 0.05) is 31.2 Å². The molecule has 1 N–H and O–H groups in total. The highest BCUT2D eigenvalue weighted by Crippen LogP contribution is 2.33. The van der Waals surface area contributed by atoms with Crippen LogP contribution in [0.15, 0.2) is 47.4 Å². The largest absolute Gasteiger partial charge is 0.493 e. The number of ketones is 1. The fraction of sp³-hybridized carbons (Fsp3) is 0.548. The van der Waals surface area contributed by atoms with Crippen LogP contribution in [0.5, 0.6) is 11.5 Å². The summed E-state index contributed by atoms with van der Waals surface area (Å²) in [5.74, 6) is 0.584. The maximum atomic E-state index is 13.4. The topological polar surface area (TPSA) is 114 Å². The summed E-state index contributed by atoms with van der Waals surface area (Å²) in [7, 11) is -0.565. The zero-order valence-electron chi connectivity index (χ0n) is 24.8. The number of methoxy groups -OCH3 is 2. The van der Waals surface area contributed by atoms with Crippen molar-refractivity contribution in [3.05, 3.63) is 53.6 Å². The number of hydrogen-bond donors (Lipinski definition) is 1. The molecule has 11 heteroatoms. The molecule has 2 aromatic rings. The van der Waals surface area contributed by atoms with Crippen LogP contribution in [0.25, 0.3) is 0 Å². The first-order valence-electron chi connectivity index (χ1n) is 14.7. The summed E-state index contributed by atoms with van der Waals surface area (Å²) in [5.41, 5.74) is 1.42. The minimum Gasteiger partial charge on any atom is -0.493 e. The Morgan fingerprint density at radius 1 is 0.952 bits per heavy atom. The highest BCUT2D eigenvalue weighted by molar-refractivity contribution is 7.89. The molecule has 2 heterocycles. The van der Waals surface area contributed by atoms with Gasteiger partial charge in [-0.25, -0.2) is 8.42 Å². The number of piperidine rings is 2. The van der Waals surface area contributed by atoms with Crippen molar-refractivity contribution in [1.29, 1.82) is 0 Å². The van der Waals surface area contributed by atoms with Gasteiger partial charge >= 0.3 is 5.97 Å². The molecule has 4 rings (SSSR count). The lowest BCUT2D eigenvalue weighted by molar-refractivity contribution is -0.149. The fourth-order valence-corrected chi connectivity index (χ4v) is 7.26. The van der Waals surface area contributed by atoms with Crippen molar-refractivity contribution in [1.82, 2.24) is 14.5 Å². The van der Waals surface area contributed by atoms with E-state index in [1.807, 2.05) is 18.2 Å². The molecular formula is C31H43N3O7S. The Balaban J connectivity index is 1.40. The van der Waals surface area contributed by atoms with E-state index in [4.69, 9.17) is 14.2 Å². The van der Waals surface area contributed by atoms with Gasteiger partial charge in [-0.1, -0.05) is 24.6 Å². The van der Waals surface area contributed by atoms with Crippen LogP contribution in [-0.2, 0) is 19.6 Å². The molecule has 0 amide bonds. The van der Waals surface area contributed by atoms with Gasteiger partial charge in [0.15, 0.2) is 17.3 Å². The summed E-state index contributed by atoms with van der Waals surface area (Å²) in [6, 6.07) is 12.2. The second-order valence-electron chi connectivity index (χ2n) is 10.7. The van der Waals surface area contributed by atoms with Gasteiger partial charge in [-0.2, -0.15) is 4.31 Å². The number of carbonyl (C=O) groups excluding carboxylic acids is 2. The Labute approximate surface area is 249 Å². The number of Topliss-reactive ketones (excluding diaryl/α,β-unsaturated/α-hetero) is 1. The summed E-state index contributed by atoms with van der Waals surface area (Å²) in [6.45, 7) is 5.12. The molecule has 0 spiro atoms. The summed E-state index contributed by atoms with van der Waals surface area (Å²) in [6.07, 6.45) is 4.30. The summed E-state index contributed by atoms with van der Waals surface area (Å²) < 4.78 is 44.1. The number of nitrogens with zero attached hydrogens (tertiary/aromatic N) is 2. The van der Waals surface area contributed by atoms with Crippen LogP contribution < -0.4 is 14.8 Å². The van der Waals surface area contributed by atoms with Crippen LogP contribution in [-0.4, -0.2) is 89.5 Å². The second kappa shape index (κ2) is 15.0. The lowest BCUT2D eigenvalue weighted by Crippen LogP contribution is -2.40. The van der Waals surface area contributed by atoms with E-state index < -0.39 is 10.0 Å². The van der Waals surface area contributed by atoms with Gasteiger partial charge in [-0.15, -0.1) is 0 Å². The van der Waals surface area contributed by atoms with E-state index in [0.717, 1.165) is 31.5 Å². The average molecular weight is 602 g/mol. The maximum absolute atomic E-state index is 13.4. The molecular weight excluding hydrogens is 558 g/mol. The molecule has 1 unspecified atom stereocenters. The van der Waals surface area contributed by atoms with Crippen LogP contribution in [0, 0.1) is 5.92 Å². The fourth-order valence-electron chi connectivity index (χ4n) is 5.74. The average Bonchev–Trinajstić information content (AvgIpc) is 3.03. The molecule has 230 valence electrons. The number of rotatable bonds is 13. The lowest BCUT2D eigenvalue weighted by atomic mass is 9.98. The van der Waals surface area contributed by atoms with E-state index in [9.17, 15) is 18.0 Å². The Bertz CT molecular complexity index is 1320. The molecule has 0 radical (unpaired) electrons. The number of benzene rings is 2. The molecule has 0 bridgehead atoms. The molecule has 0 aromatic heterocycles. The number of ether oxygens (including phenoxy) is 3. The Hall–Kier alpha value is -2.99. The van der Waals surface area contributed by atoms with Gasteiger partial charge in [0.05, 0.1) is 38.2 Å². The summed E-state index contributed by atoms with van der Waals surface area (Å²) >= 11 is 0. The Morgan fingerprint density at radius 3 is 2.33 bits per heavy atom. The second-order valence-corrected chi connectivity index (χ2v) is 12.7. The number of sulfonamides is 1. The predicted octanol–water partition coefficient (Wildman–Crippen LogP) is 3.67. The monoisotopic (exact) mass is 601 g/mol. The van der Waals surface area contributed by atoms with Gasteiger partial charge in [0.1, 0.15) is 0 Å². The molecule has 2 saturated heterocycles. The van der Waals surface area contributed by atoms with Crippen LogP contribution in [0.4, 0.5) is 0 Å². The van der Waals surface area contributed by atoms with E-state index >= 15 is 0 Å². The van der Waals surface area contributed by atoms with Crippen molar-refractivity contribution in [3.63, 3.8) is 0 Å². The van der Waals surface area contributed by atoms with E-state index in [-0.39, 0.29) is 48.2 Å². The first-order valence-corrected chi connectivity index (χ1v) is 16.2. The van der Waals surface area contributed by atoms with Crippen molar-refractivity contribution in [2.24, 2.45) is 5.92 Å². The SMILES string of the molecule is CCOC(=O)C1CCN(S(=O)(=O)c2cccc(C(=O)CNCC(c3ccc(OC)c(OC)c3)N3CCCCC3)c2)CC1. The zero-order chi connectivity index (χ0) is 30.1. The molecule has 10 nitrogen and oxygen atoms in total. The third-order valence-corrected chi connectivity index (χ3v) is 10.0. The number of nitrogens with one attached hydrogen (secondary N) is 1. The van der Waals surface area contributed by atoms with Gasteiger partial charge in [0.2, 0.25) is 10.0 Å². The third kappa shape index (κ3) is 7.69. The molecule has 2 aromatic carbocycles. The van der Waals surface area contributed by atoms with Gasteiger partial charge in [-0.05, 0) is 75.5 Å². The van der Waals surface area contributed by atoms with E-state index in [1.54, 1.807) is 33.3 Å². The molecule has 2 aliphatic rings. The van der Waals surface area contributed by atoms with Crippen LogP contribution in [0.1, 0.15) is 61.0 Å². The highest BCUT2D eigenvalue weighted by atomic mass is 32.2. The number of carbonyl (C=O) groups is 2. The van der Waals surface area contributed by atoms with Gasteiger partial charge < -0.3 is 19.5 Å². The third-order valence-electron chi connectivity index (χ3n) is 8.11. The van der Waals surface area contributed by atoms with Crippen molar-refractivity contribution in [2.45, 2.75) is 50.0 Å². The number of hydrogen-bond acceptors (Lipinski definition) is 9. The van der Waals surface area contributed by atoms with Crippen LogP contribution >= 0.6 is 0 Å². The van der Waals surface area contributed by atoms with Crippen molar-refractivity contribution in [2.75, 3.05) is 60.1 Å². The number of esters is 1. The van der Waals surface area contributed by atoms with Crippen molar-refractivity contribution < 1.29 is 32.2 Å². The first-order chi connectivity index (χ1) is 20.3. The van der Waals surface area contributed by atoms with Gasteiger partial charge in [0.25, 0.3) is 0 Å². The molecule has 1 atom stereocenters. The minimum absolute atomic E-state index is 0.0437. The minimum atomic E-state index is -3.80. The van der Waals surface area contributed by atoms with Gasteiger partial charge in [-0.3, -0.25) is 14.5 Å². The number of likely N-dealkylation sites (tertiary alicyclic amines) is 1. The molecule has 0 aliphatic carbocycles. The van der Waals surface area contributed by atoms with Crippen LogP contribution in [0.2, 0.25) is 0 Å². The van der Waals surface area contributed by atoms with E-state index in [1.165, 1.54) is 22.9 Å². The van der Waals surface area contributed by atoms with E-state index in [2.05, 4.69) is 10.2 Å². The highest BCUT2D eigenvalue weighted by Gasteiger charge is 2.33. The maximum Gasteiger partial charge on any atom is 0.309 e. The van der Waals surface area contributed by atoms with Crippen molar-refractivity contribution >= 4 is 21.8 Å². The molecule has 42 heavy (non-hydrogen) atoms. The van der Waals surface area contributed by atoms with E-state index in [0.29, 0.717) is 43.1 Å². The van der Waals surface area contributed by atoms with Crippen molar-refractivity contribution in [3.8, 4) is 11.5 Å². The molecule has 2 fully saturated rings. The first kappa shape index (κ1) is 31.9. The summed E-state index contributed by atoms with van der Waals surface area (Å²) in [4.78, 5) is 27.8. The quantitative estimate of drug-likeness (QED) is 0.271. The zero-order valence-corrected chi connectivity index (χ0v) is 25.7. The standard InChI is InChI=1S/C31H43N3O7S/c1-4-41-31(36)23-13-17-34(18-14-23)42(37,38)26-10-8-9-25(19-26)28(35)22-32-21-27(33-15-6-5-7-16-33)24-11-12-29(39-2)30(20-24)40-3/h8-12,19-20,23,27,32H,4-7,13-18,21-22H2,1-3H3.